The molecule has 2 heterocycles. The second kappa shape index (κ2) is 8.47. The van der Waals surface area contributed by atoms with Gasteiger partial charge in [-0.05, 0) is 25.8 Å². The second-order valence-electron chi connectivity index (χ2n) is 6.72. The fraction of sp³-hybridized carbons (Fsp3) is 0.500. The summed E-state index contributed by atoms with van der Waals surface area (Å²) in [6.07, 6.45) is 0.774. The molecule has 1 saturated heterocycles. The highest BCUT2D eigenvalue weighted by Crippen LogP contribution is 2.32. The lowest BCUT2D eigenvalue weighted by molar-refractivity contribution is -0.138. The van der Waals surface area contributed by atoms with E-state index in [0.29, 0.717) is 57.1 Å². The summed E-state index contributed by atoms with van der Waals surface area (Å²) in [4.78, 5) is 29.4. The van der Waals surface area contributed by atoms with Crippen molar-refractivity contribution in [3.63, 3.8) is 0 Å². The average molecular weight is 358 g/mol. The third-order valence-electron chi connectivity index (χ3n) is 4.51. The van der Waals surface area contributed by atoms with Crippen molar-refractivity contribution < 1.29 is 19.1 Å². The number of morpholine rings is 1. The van der Waals surface area contributed by atoms with Crippen LogP contribution in [0.15, 0.2) is 36.0 Å². The number of carbonyl (C=O) groups is 2. The largest absolute Gasteiger partial charge is 0.379 e. The number of imide groups is 1. The zero-order chi connectivity index (χ0) is 18.5. The SMILES string of the molecule is CC(C)OCCCN1C(=O)C(c2ccccc2)=C(N2CCOCC2)C1=O. The minimum Gasteiger partial charge on any atom is -0.379 e. The van der Waals surface area contributed by atoms with Crippen molar-refractivity contribution in [1.29, 1.82) is 0 Å². The first-order valence-electron chi connectivity index (χ1n) is 9.19. The molecule has 1 aromatic rings. The van der Waals surface area contributed by atoms with Crippen LogP contribution in [0.25, 0.3) is 5.57 Å². The summed E-state index contributed by atoms with van der Waals surface area (Å²) in [5, 5.41) is 0. The molecule has 0 unspecified atom stereocenters. The van der Waals surface area contributed by atoms with Crippen LogP contribution in [0.1, 0.15) is 25.8 Å². The van der Waals surface area contributed by atoms with E-state index in [-0.39, 0.29) is 17.9 Å². The van der Waals surface area contributed by atoms with Crippen LogP contribution in [-0.2, 0) is 19.1 Å². The lowest BCUT2D eigenvalue weighted by atomic mass is 10.0. The molecular formula is C20H26N2O4. The molecular weight excluding hydrogens is 332 g/mol. The maximum Gasteiger partial charge on any atom is 0.277 e. The van der Waals surface area contributed by atoms with Gasteiger partial charge < -0.3 is 14.4 Å². The smallest absolute Gasteiger partial charge is 0.277 e. The Morgan fingerprint density at radius 2 is 1.77 bits per heavy atom. The topological polar surface area (TPSA) is 59.1 Å². The van der Waals surface area contributed by atoms with Crippen molar-refractivity contribution in [1.82, 2.24) is 9.80 Å². The Labute approximate surface area is 154 Å². The summed E-state index contributed by atoms with van der Waals surface area (Å²) in [6, 6.07) is 9.44. The van der Waals surface area contributed by atoms with E-state index in [1.165, 1.54) is 4.90 Å². The van der Waals surface area contributed by atoms with Crippen LogP contribution in [-0.4, -0.2) is 67.2 Å². The van der Waals surface area contributed by atoms with Crippen LogP contribution in [0.3, 0.4) is 0 Å². The molecule has 0 N–H and O–H groups in total. The molecule has 0 saturated carbocycles. The molecule has 140 valence electrons. The fourth-order valence-electron chi connectivity index (χ4n) is 3.25. The third kappa shape index (κ3) is 3.97. The van der Waals surface area contributed by atoms with E-state index >= 15 is 0 Å². The predicted octanol–water partition coefficient (Wildman–Crippen LogP) is 1.91. The van der Waals surface area contributed by atoms with Gasteiger partial charge in [0.1, 0.15) is 5.70 Å². The molecule has 0 aromatic heterocycles. The van der Waals surface area contributed by atoms with Gasteiger partial charge in [0.15, 0.2) is 0 Å². The van der Waals surface area contributed by atoms with Crippen molar-refractivity contribution in [3.05, 3.63) is 41.6 Å². The van der Waals surface area contributed by atoms with Crippen LogP contribution >= 0.6 is 0 Å². The van der Waals surface area contributed by atoms with E-state index in [9.17, 15) is 9.59 Å². The molecule has 0 spiro atoms. The molecule has 2 amide bonds. The summed E-state index contributed by atoms with van der Waals surface area (Å²) in [7, 11) is 0. The molecule has 1 aromatic carbocycles. The van der Waals surface area contributed by atoms with E-state index in [1.54, 1.807) is 0 Å². The van der Waals surface area contributed by atoms with Crippen LogP contribution < -0.4 is 0 Å². The number of hydrogen-bond donors (Lipinski definition) is 0. The summed E-state index contributed by atoms with van der Waals surface area (Å²) in [6.45, 7) is 7.21. The Morgan fingerprint density at radius 3 is 2.42 bits per heavy atom. The minimum absolute atomic E-state index is 0.141. The Bertz CT molecular complexity index is 678. The molecule has 3 rings (SSSR count). The number of carbonyl (C=O) groups excluding carboxylic acids is 2. The molecule has 0 bridgehead atoms. The fourth-order valence-corrected chi connectivity index (χ4v) is 3.25. The highest BCUT2D eigenvalue weighted by molar-refractivity contribution is 6.35. The van der Waals surface area contributed by atoms with Crippen molar-refractivity contribution in [2.45, 2.75) is 26.4 Å². The summed E-state index contributed by atoms with van der Waals surface area (Å²) in [5.74, 6) is -0.424. The third-order valence-corrected chi connectivity index (χ3v) is 4.51. The molecule has 0 radical (unpaired) electrons. The minimum atomic E-state index is -0.216. The van der Waals surface area contributed by atoms with Crippen LogP contribution in [0, 0.1) is 0 Å². The Morgan fingerprint density at radius 1 is 1.08 bits per heavy atom. The van der Waals surface area contributed by atoms with Gasteiger partial charge in [-0.3, -0.25) is 14.5 Å². The molecule has 0 aliphatic carbocycles. The van der Waals surface area contributed by atoms with E-state index < -0.39 is 0 Å². The highest BCUT2D eigenvalue weighted by Gasteiger charge is 2.41. The summed E-state index contributed by atoms with van der Waals surface area (Å²) >= 11 is 0. The first-order valence-corrected chi connectivity index (χ1v) is 9.19. The summed E-state index contributed by atoms with van der Waals surface area (Å²) in [5.41, 5.74) is 1.80. The van der Waals surface area contributed by atoms with Crippen LogP contribution in [0.2, 0.25) is 0 Å². The normalized spacial score (nSPS) is 18.4. The van der Waals surface area contributed by atoms with Gasteiger partial charge >= 0.3 is 0 Å². The number of nitrogens with zero attached hydrogens (tertiary/aromatic N) is 2. The number of benzene rings is 1. The van der Waals surface area contributed by atoms with E-state index in [1.807, 2.05) is 49.1 Å². The van der Waals surface area contributed by atoms with Gasteiger partial charge in [0.2, 0.25) is 0 Å². The predicted molar refractivity (Wildman–Crippen MR) is 98.2 cm³/mol. The number of rotatable bonds is 7. The Balaban J connectivity index is 1.83. The van der Waals surface area contributed by atoms with Gasteiger partial charge in [0.05, 0.1) is 24.9 Å². The van der Waals surface area contributed by atoms with Crippen molar-refractivity contribution in [3.8, 4) is 0 Å². The van der Waals surface area contributed by atoms with Crippen LogP contribution in [0.5, 0.6) is 0 Å². The molecule has 6 heteroatoms. The standard InChI is InChI=1S/C20H26N2O4/c1-15(2)26-12-6-9-22-19(23)17(16-7-4-3-5-8-16)18(20(22)24)21-10-13-25-14-11-21/h3-5,7-8,15H,6,9-14H2,1-2H3. The number of ether oxygens (including phenoxy) is 2. The van der Waals surface area contributed by atoms with Gasteiger partial charge in [-0.1, -0.05) is 30.3 Å². The van der Waals surface area contributed by atoms with Crippen molar-refractivity contribution in [2.75, 3.05) is 39.5 Å². The zero-order valence-corrected chi connectivity index (χ0v) is 15.4. The number of amides is 2. The van der Waals surface area contributed by atoms with E-state index in [4.69, 9.17) is 9.47 Å². The quantitative estimate of drug-likeness (QED) is 0.550. The summed E-state index contributed by atoms with van der Waals surface area (Å²) < 4.78 is 10.9. The van der Waals surface area contributed by atoms with Crippen LogP contribution in [0.4, 0.5) is 0 Å². The van der Waals surface area contributed by atoms with Crippen molar-refractivity contribution >= 4 is 17.4 Å². The molecule has 1 fully saturated rings. The zero-order valence-electron chi connectivity index (χ0n) is 15.4. The Hall–Kier alpha value is -2.18. The van der Waals surface area contributed by atoms with E-state index in [0.717, 1.165) is 5.56 Å². The van der Waals surface area contributed by atoms with Gasteiger partial charge in [-0.2, -0.15) is 0 Å². The first-order chi connectivity index (χ1) is 12.6. The van der Waals surface area contributed by atoms with Gasteiger partial charge in [0, 0.05) is 26.2 Å². The number of hydrogen-bond acceptors (Lipinski definition) is 5. The maximum atomic E-state index is 13.1. The molecule has 0 atom stereocenters. The Kier molecular flexibility index (Phi) is 6.06. The highest BCUT2D eigenvalue weighted by atomic mass is 16.5. The first kappa shape index (κ1) is 18.6. The lowest BCUT2D eigenvalue weighted by Crippen LogP contribution is -2.40. The van der Waals surface area contributed by atoms with E-state index in [2.05, 4.69) is 0 Å². The van der Waals surface area contributed by atoms with Crippen molar-refractivity contribution in [2.24, 2.45) is 0 Å². The van der Waals surface area contributed by atoms with Gasteiger partial charge in [0.25, 0.3) is 11.8 Å². The molecule has 26 heavy (non-hydrogen) atoms. The average Bonchev–Trinajstić information content (AvgIpc) is 2.90. The second-order valence-corrected chi connectivity index (χ2v) is 6.72. The monoisotopic (exact) mass is 358 g/mol. The lowest BCUT2D eigenvalue weighted by Gasteiger charge is -2.29. The molecule has 6 nitrogen and oxygen atoms in total. The molecule has 2 aliphatic rings. The van der Waals surface area contributed by atoms with Gasteiger partial charge in [-0.15, -0.1) is 0 Å². The maximum absolute atomic E-state index is 13.1. The molecule has 2 aliphatic heterocycles. The van der Waals surface area contributed by atoms with Gasteiger partial charge in [-0.25, -0.2) is 0 Å².